The van der Waals surface area contributed by atoms with Crippen LogP contribution in [0, 0.1) is 0 Å². The number of nitrogens with zero attached hydrogens (tertiary/aromatic N) is 2. The predicted molar refractivity (Wildman–Crippen MR) is 134 cm³/mol. The van der Waals surface area contributed by atoms with Gasteiger partial charge in [-0.3, -0.25) is 4.79 Å². The van der Waals surface area contributed by atoms with Crippen molar-refractivity contribution in [1.29, 1.82) is 0 Å². The van der Waals surface area contributed by atoms with Gasteiger partial charge in [0.25, 0.3) is 5.56 Å². The van der Waals surface area contributed by atoms with Crippen molar-refractivity contribution in [2.75, 3.05) is 50.7 Å². The highest BCUT2D eigenvalue weighted by Crippen LogP contribution is 2.35. The lowest BCUT2D eigenvalue weighted by Gasteiger charge is -2.28. The number of fused-ring (bicyclic) bond motifs is 1. The maximum Gasteiger partial charge on any atom is 0.259 e. The van der Waals surface area contributed by atoms with Gasteiger partial charge in [0, 0.05) is 42.3 Å². The third kappa shape index (κ3) is 4.27. The zero-order chi connectivity index (χ0) is 23.5. The van der Waals surface area contributed by atoms with Gasteiger partial charge in [-0.2, -0.15) is 0 Å². The molecule has 3 heterocycles. The number of methoxy groups -OCH3 is 2. The van der Waals surface area contributed by atoms with Crippen molar-refractivity contribution in [2.45, 2.75) is 0 Å². The fraction of sp³-hybridized carbons (Fsp3) is 0.231. The normalized spacial score (nSPS) is 13.6. The largest absolute Gasteiger partial charge is 0.497 e. The molecule has 0 unspecified atom stereocenters. The average molecular weight is 459 g/mol. The van der Waals surface area contributed by atoms with Crippen LogP contribution in [0.15, 0.2) is 65.6 Å². The molecule has 0 amide bonds. The minimum absolute atomic E-state index is 0.203. The van der Waals surface area contributed by atoms with Crippen LogP contribution in [0.5, 0.6) is 11.5 Å². The first-order valence-corrected chi connectivity index (χ1v) is 11.1. The summed E-state index contributed by atoms with van der Waals surface area (Å²) in [6.45, 7) is 3.22. The van der Waals surface area contributed by atoms with Crippen molar-refractivity contribution in [2.24, 2.45) is 0 Å². The standard InChI is InChI=1S/C26H26N4O4/c1-32-20-7-8-21(23(16-20)33-2)22-15-17-9-10-27-26(31)24(17)25(29-22)28-18-3-5-19(6-4-18)30-11-13-34-14-12-30/h3-10,15-16H,11-14H2,1-2H3,(H,27,31)(H,28,29). The molecule has 1 fully saturated rings. The van der Waals surface area contributed by atoms with Crippen LogP contribution < -0.4 is 25.2 Å². The van der Waals surface area contributed by atoms with Gasteiger partial charge in [-0.25, -0.2) is 4.98 Å². The molecule has 0 bridgehead atoms. The lowest BCUT2D eigenvalue weighted by atomic mass is 10.1. The maximum absolute atomic E-state index is 12.7. The summed E-state index contributed by atoms with van der Waals surface area (Å²) in [5.74, 6) is 1.81. The van der Waals surface area contributed by atoms with Crippen LogP contribution in [-0.4, -0.2) is 50.5 Å². The predicted octanol–water partition coefficient (Wildman–Crippen LogP) is 4.19. The number of anilines is 3. The van der Waals surface area contributed by atoms with E-state index < -0.39 is 0 Å². The first-order chi connectivity index (χ1) is 16.7. The Morgan fingerprint density at radius 3 is 2.53 bits per heavy atom. The number of aromatic amines is 1. The molecule has 0 radical (unpaired) electrons. The molecule has 1 saturated heterocycles. The monoisotopic (exact) mass is 458 g/mol. The van der Waals surface area contributed by atoms with Gasteiger partial charge in [0.15, 0.2) is 0 Å². The zero-order valence-electron chi connectivity index (χ0n) is 19.1. The summed E-state index contributed by atoms with van der Waals surface area (Å²) in [5, 5.41) is 4.62. The molecular weight excluding hydrogens is 432 g/mol. The summed E-state index contributed by atoms with van der Waals surface area (Å²) < 4.78 is 16.3. The number of morpholine rings is 1. The topological polar surface area (TPSA) is 88.7 Å². The minimum atomic E-state index is -0.203. The number of H-pyrrole nitrogens is 1. The third-order valence-electron chi connectivity index (χ3n) is 5.95. The lowest BCUT2D eigenvalue weighted by molar-refractivity contribution is 0.122. The SMILES string of the molecule is COc1ccc(-c2cc3cc[nH]c(=O)c3c(Nc3ccc(N4CCOCC4)cc3)n2)c(OC)c1. The molecule has 2 N–H and O–H groups in total. The highest BCUT2D eigenvalue weighted by Gasteiger charge is 2.16. The van der Waals surface area contributed by atoms with E-state index in [1.165, 1.54) is 0 Å². The lowest BCUT2D eigenvalue weighted by Crippen LogP contribution is -2.36. The molecule has 8 heteroatoms. The number of hydrogen-bond acceptors (Lipinski definition) is 7. The summed E-state index contributed by atoms with van der Waals surface area (Å²) in [4.78, 5) is 22.6. The molecule has 0 atom stereocenters. The Balaban J connectivity index is 1.55. The smallest absolute Gasteiger partial charge is 0.259 e. The van der Waals surface area contributed by atoms with Crippen molar-refractivity contribution in [3.63, 3.8) is 0 Å². The van der Waals surface area contributed by atoms with Gasteiger partial charge < -0.3 is 29.4 Å². The van der Waals surface area contributed by atoms with Crippen LogP contribution in [0.4, 0.5) is 17.2 Å². The molecule has 0 saturated carbocycles. The summed E-state index contributed by atoms with van der Waals surface area (Å²) >= 11 is 0. The number of ether oxygens (including phenoxy) is 3. The number of hydrogen-bond donors (Lipinski definition) is 2. The van der Waals surface area contributed by atoms with E-state index in [4.69, 9.17) is 19.2 Å². The number of nitrogens with one attached hydrogen (secondary N) is 2. The van der Waals surface area contributed by atoms with E-state index in [0.717, 1.165) is 48.6 Å². The maximum atomic E-state index is 12.7. The Morgan fingerprint density at radius 2 is 1.79 bits per heavy atom. The first kappa shape index (κ1) is 21.8. The van der Waals surface area contributed by atoms with E-state index >= 15 is 0 Å². The summed E-state index contributed by atoms with van der Waals surface area (Å²) in [6.07, 6.45) is 1.64. The highest BCUT2D eigenvalue weighted by atomic mass is 16.5. The Kier molecular flexibility index (Phi) is 6.05. The average Bonchev–Trinajstić information content (AvgIpc) is 2.89. The molecule has 8 nitrogen and oxygen atoms in total. The van der Waals surface area contributed by atoms with Gasteiger partial charge in [-0.05, 0) is 53.9 Å². The number of pyridine rings is 2. The quantitative estimate of drug-likeness (QED) is 0.448. The molecule has 4 aromatic rings. The van der Waals surface area contributed by atoms with Crippen molar-refractivity contribution in [1.82, 2.24) is 9.97 Å². The van der Waals surface area contributed by atoms with Crippen LogP contribution in [0.3, 0.4) is 0 Å². The van der Waals surface area contributed by atoms with Gasteiger partial charge in [0.2, 0.25) is 0 Å². The molecule has 2 aromatic carbocycles. The number of rotatable bonds is 6. The number of benzene rings is 2. The molecule has 1 aliphatic heterocycles. The molecule has 5 rings (SSSR count). The van der Waals surface area contributed by atoms with Gasteiger partial charge in [-0.1, -0.05) is 0 Å². The third-order valence-corrected chi connectivity index (χ3v) is 5.95. The molecular formula is C26H26N4O4. The van der Waals surface area contributed by atoms with Crippen molar-refractivity contribution < 1.29 is 14.2 Å². The first-order valence-electron chi connectivity index (χ1n) is 11.1. The fourth-order valence-electron chi connectivity index (χ4n) is 4.17. The van der Waals surface area contributed by atoms with Crippen LogP contribution >= 0.6 is 0 Å². The van der Waals surface area contributed by atoms with Crippen LogP contribution in [0.2, 0.25) is 0 Å². The molecule has 0 spiro atoms. The van der Waals surface area contributed by atoms with E-state index in [0.29, 0.717) is 28.4 Å². The van der Waals surface area contributed by atoms with Gasteiger partial charge in [0.05, 0.1) is 38.5 Å². The van der Waals surface area contributed by atoms with E-state index in [-0.39, 0.29) is 5.56 Å². The van der Waals surface area contributed by atoms with Crippen LogP contribution in [0.25, 0.3) is 22.0 Å². The summed E-state index contributed by atoms with van der Waals surface area (Å²) in [5.41, 5.74) is 3.26. The molecule has 174 valence electrons. The van der Waals surface area contributed by atoms with Crippen molar-refractivity contribution in [3.05, 3.63) is 71.1 Å². The highest BCUT2D eigenvalue weighted by molar-refractivity contribution is 5.95. The summed E-state index contributed by atoms with van der Waals surface area (Å²) in [6, 6.07) is 17.5. The van der Waals surface area contributed by atoms with Gasteiger partial charge in [-0.15, -0.1) is 0 Å². The minimum Gasteiger partial charge on any atom is -0.497 e. The van der Waals surface area contributed by atoms with Crippen molar-refractivity contribution >= 4 is 28.0 Å². The second-order valence-corrected chi connectivity index (χ2v) is 7.96. The number of aromatic nitrogens is 2. The van der Waals surface area contributed by atoms with Crippen molar-refractivity contribution in [3.8, 4) is 22.8 Å². The van der Waals surface area contributed by atoms with Gasteiger partial charge >= 0.3 is 0 Å². The second-order valence-electron chi connectivity index (χ2n) is 7.96. The van der Waals surface area contributed by atoms with E-state index in [9.17, 15) is 4.79 Å². The Hall–Kier alpha value is -4.04. The Labute approximate surface area is 197 Å². The van der Waals surface area contributed by atoms with E-state index in [1.54, 1.807) is 20.4 Å². The van der Waals surface area contributed by atoms with Crippen LogP contribution in [-0.2, 0) is 4.74 Å². The Bertz CT molecular complexity index is 1360. The zero-order valence-corrected chi connectivity index (χ0v) is 19.1. The van der Waals surface area contributed by atoms with Gasteiger partial charge in [0.1, 0.15) is 17.3 Å². The van der Waals surface area contributed by atoms with E-state index in [1.807, 2.05) is 42.5 Å². The van der Waals surface area contributed by atoms with Crippen LogP contribution in [0.1, 0.15) is 0 Å². The molecule has 34 heavy (non-hydrogen) atoms. The molecule has 0 aliphatic carbocycles. The summed E-state index contributed by atoms with van der Waals surface area (Å²) in [7, 11) is 3.22. The fourth-order valence-corrected chi connectivity index (χ4v) is 4.17. The molecule has 2 aromatic heterocycles. The Morgan fingerprint density at radius 1 is 1.00 bits per heavy atom. The van der Waals surface area contributed by atoms with E-state index in [2.05, 4.69) is 27.3 Å². The molecule has 1 aliphatic rings. The second kappa shape index (κ2) is 9.44.